The average molecular weight is 1200 g/mol. The minimum absolute atomic E-state index is 0.107. The number of aliphatic hydroxyl groups excluding tert-OH is 1. The van der Waals surface area contributed by atoms with E-state index in [4.69, 9.17) is 37.0 Å². The summed E-state index contributed by atoms with van der Waals surface area (Å²) in [5.41, 5.74) is 0. The summed E-state index contributed by atoms with van der Waals surface area (Å²) < 4.78 is 67.8. The van der Waals surface area contributed by atoms with Crippen molar-refractivity contribution in [2.24, 2.45) is 0 Å². The Morgan fingerprint density at radius 1 is 0.296 bits per heavy atom. The smallest absolute Gasteiger partial charge is 0.462 e. The first kappa shape index (κ1) is 79.1. The fourth-order valence-corrected chi connectivity index (χ4v) is 10.9. The van der Waals surface area contributed by atoms with Gasteiger partial charge in [-0.3, -0.25) is 37.3 Å². The Balaban J connectivity index is 5.22. The van der Waals surface area contributed by atoms with Crippen LogP contribution in [0, 0.1) is 0 Å². The molecule has 0 aromatic heterocycles. The van der Waals surface area contributed by atoms with Crippen LogP contribution in [0.25, 0.3) is 0 Å². The third-order valence-electron chi connectivity index (χ3n) is 14.4. The van der Waals surface area contributed by atoms with E-state index in [0.29, 0.717) is 25.7 Å². The van der Waals surface area contributed by atoms with Gasteiger partial charge in [0.15, 0.2) is 12.2 Å². The quantitative estimate of drug-likeness (QED) is 0.0222. The molecule has 0 rings (SSSR count). The van der Waals surface area contributed by atoms with Crippen molar-refractivity contribution in [3.63, 3.8) is 0 Å². The van der Waals surface area contributed by atoms with E-state index in [9.17, 15) is 43.2 Å². The number of carbonyl (C=O) groups is 4. The highest BCUT2D eigenvalue weighted by molar-refractivity contribution is 7.47. The van der Waals surface area contributed by atoms with Crippen LogP contribution in [0.4, 0.5) is 0 Å². The SMILES string of the molecule is CCCCCCCCCCCCCCC(=O)O[C@H](COC(=O)CCCCCCCCCCCC)COP(=O)(O)OC[C@@H](O)COP(=O)(O)OC[C@@H](COC(=O)CCCCCCCCCC)OC(=O)CCCCCCCCCCCCC. The number of esters is 4. The maximum absolute atomic E-state index is 12.9. The Bertz CT molecular complexity index is 1570. The van der Waals surface area contributed by atoms with Gasteiger partial charge in [0.1, 0.15) is 19.3 Å². The summed E-state index contributed by atoms with van der Waals surface area (Å²) in [5.74, 6) is -2.13. The van der Waals surface area contributed by atoms with Gasteiger partial charge in [-0.2, -0.15) is 0 Å². The summed E-state index contributed by atoms with van der Waals surface area (Å²) in [5, 5.41) is 10.5. The molecule has 0 spiro atoms. The van der Waals surface area contributed by atoms with E-state index in [2.05, 4.69) is 27.7 Å². The molecular weight excluding hydrogens is 1080 g/mol. The Labute approximate surface area is 492 Å². The number of ether oxygens (including phenoxy) is 4. The highest BCUT2D eigenvalue weighted by atomic mass is 31.2. The number of aliphatic hydroxyl groups is 1. The first-order valence-corrected chi connectivity index (χ1v) is 35.8. The van der Waals surface area contributed by atoms with Crippen LogP contribution in [0.15, 0.2) is 0 Å². The van der Waals surface area contributed by atoms with Crippen LogP contribution in [-0.2, 0) is 65.4 Å². The van der Waals surface area contributed by atoms with Crippen LogP contribution in [0.5, 0.6) is 0 Å². The van der Waals surface area contributed by atoms with Gasteiger partial charge in [-0.1, -0.05) is 265 Å². The molecule has 0 aliphatic carbocycles. The Morgan fingerprint density at radius 2 is 0.494 bits per heavy atom. The molecule has 0 aromatic rings. The van der Waals surface area contributed by atoms with E-state index in [1.54, 1.807) is 0 Å². The first-order chi connectivity index (χ1) is 39.2. The molecule has 0 aliphatic heterocycles. The van der Waals surface area contributed by atoms with Crippen LogP contribution in [0.1, 0.15) is 317 Å². The van der Waals surface area contributed by atoms with Gasteiger partial charge in [0, 0.05) is 25.7 Å². The van der Waals surface area contributed by atoms with E-state index < -0.39 is 97.5 Å². The second-order valence-electron chi connectivity index (χ2n) is 22.4. The van der Waals surface area contributed by atoms with Crippen molar-refractivity contribution in [2.45, 2.75) is 335 Å². The number of carbonyl (C=O) groups excluding carboxylic acids is 4. The predicted octanol–water partition coefficient (Wildman–Crippen LogP) is 17.2. The molecule has 0 aliphatic rings. The molecule has 480 valence electrons. The number of phosphoric ester groups is 2. The van der Waals surface area contributed by atoms with E-state index >= 15 is 0 Å². The average Bonchev–Trinajstić information content (AvgIpc) is 3.45. The zero-order valence-electron chi connectivity index (χ0n) is 51.7. The van der Waals surface area contributed by atoms with Gasteiger partial charge < -0.3 is 33.8 Å². The molecule has 0 saturated carbocycles. The summed E-state index contributed by atoms with van der Waals surface area (Å²) in [6.45, 7) is 4.85. The number of unbranched alkanes of at least 4 members (excludes halogenated alkanes) is 37. The lowest BCUT2D eigenvalue weighted by molar-refractivity contribution is -0.161. The van der Waals surface area contributed by atoms with Crippen molar-refractivity contribution in [2.75, 3.05) is 39.6 Å². The number of hydrogen-bond acceptors (Lipinski definition) is 15. The summed E-state index contributed by atoms with van der Waals surface area (Å²) in [6.07, 6.45) is 41.6. The van der Waals surface area contributed by atoms with E-state index in [1.807, 2.05) is 0 Å². The number of hydrogen-bond donors (Lipinski definition) is 3. The molecule has 0 aromatic carbocycles. The van der Waals surface area contributed by atoms with Crippen LogP contribution in [-0.4, -0.2) is 96.7 Å². The highest BCUT2D eigenvalue weighted by Crippen LogP contribution is 2.45. The number of phosphoric acid groups is 2. The second-order valence-corrected chi connectivity index (χ2v) is 25.4. The molecule has 17 nitrogen and oxygen atoms in total. The zero-order valence-corrected chi connectivity index (χ0v) is 53.5. The topological polar surface area (TPSA) is 237 Å². The summed E-state index contributed by atoms with van der Waals surface area (Å²) in [4.78, 5) is 72.0. The van der Waals surface area contributed by atoms with Crippen molar-refractivity contribution in [3.05, 3.63) is 0 Å². The third-order valence-corrected chi connectivity index (χ3v) is 16.3. The second kappa shape index (κ2) is 57.2. The Morgan fingerprint density at radius 3 is 0.728 bits per heavy atom. The third kappa shape index (κ3) is 56.9. The lowest BCUT2D eigenvalue weighted by atomic mass is 10.0. The molecule has 5 atom stereocenters. The molecule has 2 unspecified atom stereocenters. The maximum Gasteiger partial charge on any atom is 0.472 e. The summed E-state index contributed by atoms with van der Waals surface area (Å²) >= 11 is 0. The van der Waals surface area contributed by atoms with Crippen molar-refractivity contribution in [3.8, 4) is 0 Å². The highest BCUT2D eigenvalue weighted by Gasteiger charge is 2.30. The largest absolute Gasteiger partial charge is 0.472 e. The molecule has 19 heteroatoms. The molecule has 0 fully saturated rings. The lowest BCUT2D eigenvalue weighted by Gasteiger charge is -2.21. The summed E-state index contributed by atoms with van der Waals surface area (Å²) in [7, 11) is -9.88. The molecule has 0 radical (unpaired) electrons. The van der Waals surface area contributed by atoms with E-state index in [1.165, 1.54) is 141 Å². The first-order valence-electron chi connectivity index (χ1n) is 32.8. The molecule has 0 bridgehead atoms. The van der Waals surface area contributed by atoms with Crippen molar-refractivity contribution in [1.82, 2.24) is 0 Å². The van der Waals surface area contributed by atoms with Crippen LogP contribution < -0.4 is 0 Å². The molecule has 3 N–H and O–H groups in total. The lowest BCUT2D eigenvalue weighted by Crippen LogP contribution is -2.30. The van der Waals surface area contributed by atoms with Crippen LogP contribution in [0.2, 0.25) is 0 Å². The van der Waals surface area contributed by atoms with Crippen LogP contribution >= 0.6 is 15.6 Å². The summed E-state index contributed by atoms with van der Waals surface area (Å²) in [6, 6.07) is 0. The van der Waals surface area contributed by atoms with E-state index in [0.717, 1.165) is 96.3 Å². The van der Waals surface area contributed by atoms with Crippen molar-refractivity contribution in [1.29, 1.82) is 0 Å². The molecule has 0 heterocycles. The Hall–Kier alpha value is -1.94. The van der Waals surface area contributed by atoms with Crippen molar-refractivity contribution >= 4 is 39.5 Å². The maximum atomic E-state index is 12.9. The van der Waals surface area contributed by atoms with Gasteiger partial charge in [0.2, 0.25) is 0 Å². The molecule has 0 amide bonds. The standard InChI is InChI=1S/C62H120O17P2/c1-5-9-13-17-21-25-28-30-33-37-41-45-49-62(67)79-58(53-73-60(65)47-43-39-35-31-27-23-19-15-11-7-3)55-77-81(70,71)75-51-56(63)50-74-80(68,69)76-54-57(52-72-59(64)46-42-38-34-24-20-16-12-8-4)78-61(66)48-44-40-36-32-29-26-22-18-14-10-6-2/h56-58,63H,5-55H2,1-4H3,(H,68,69)(H,70,71)/t56-,57+,58+/m0/s1. The molecular formula is C62H120O17P2. The predicted molar refractivity (Wildman–Crippen MR) is 322 cm³/mol. The monoisotopic (exact) mass is 1200 g/mol. The van der Waals surface area contributed by atoms with Gasteiger partial charge in [-0.05, 0) is 25.7 Å². The minimum atomic E-state index is -4.94. The molecule has 0 saturated heterocycles. The molecule has 81 heavy (non-hydrogen) atoms. The number of rotatable bonds is 63. The van der Waals surface area contributed by atoms with Crippen LogP contribution in [0.3, 0.4) is 0 Å². The van der Waals surface area contributed by atoms with Crippen molar-refractivity contribution < 1.29 is 80.2 Å². The van der Waals surface area contributed by atoms with Gasteiger partial charge in [0.25, 0.3) is 0 Å². The minimum Gasteiger partial charge on any atom is -0.462 e. The normalized spacial score (nSPS) is 14.2. The van der Waals surface area contributed by atoms with Gasteiger partial charge in [-0.25, -0.2) is 9.13 Å². The van der Waals surface area contributed by atoms with Gasteiger partial charge in [-0.15, -0.1) is 0 Å². The fraction of sp³-hybridized carbons (Fsp3) is 0.935. The zero-order chi connectivity index (χ0) is 59.8. The fourth-order valence-electron chi connectivity index (χ4n) is 9.28. The Kier molecular flexibility index (Phi) is 55.8. The van der Waals surface area contributed by atoms with E-state index in [-0.39, 0.29) is 25.7 Å². The van der Waals surface area contributed by atoms with Gasteiger partial charge >= 0.3 is 39.5 Å². The van der Waals surface area contributed by atoms with Gasteiger partial charge in [0.05, 0.1) is 26.4 Å².